The molecule has 6 heteroatoms. The Kier molecular flexibility index (Phi) is 3.89. The van der Waals surface area contributed by atoms with Crippen LogP contribution in [0.25, 0.3) is 10.9 Å². The minimum absolute atomic E-state index is 0.124. The van der Waals surface area contributed by atoms with E-state index in [-0.39, 0.29) is 5.01 Å². The molecule has 2 N–H and O–H groups in total. The third kappa shape index (κ3) is 3.07. The SMILES string of the molecule is O=C(O)c1nc(CNCc2cccc3cccnc23)cs1. The number of nitrogens with one attached hydrogen (secondary N) is 1. The first-order valence-electron chi connectivity index (χ1n) is 6.45. The highest BCUT2D eigenvalue weighted by Gasteiger charge is 2.08. The molecular formula is C15H13N3O2S. The molecule has 0 spiro atoms. The topological polar surface area (TPSA) is 75.1 Å². The standard InChI is InChI=1S/C15H13N3O2S/c19-15(20)14-18-12(9-21-14)8-16-7-11-4-1-3-10-5-2-6-17-13(10)11/h1-6,9,16H,7-8H2,(H,19,20). The molecule has 0 fully saturated rings. The highest BCUT2D eigenvalue weighted by Crippen LogP contribution is 2.16. The number of carboxylic acids is 1. The van der Waals surface area contributed by atoms with E-state index < -0.39 is 5.97 Å². The molecule has 0 aliphatic heterocycles. The lowest BCUT2D eigenvalue weighted by Crippen LogP contribution is -2.13. The van der Waals surface area contributed by atoms with Crippen LogP contribution in [0, 0.1) is 0 Å². The van der Waals surface area contributed by atoms with Crippen molar-refractivity contribution < 1.29 is 9.90 Å². The van der Waals surface area contributed by atoms with Gasteiger partial charge < -0.3 is 10.4 Å². The van der Waals surface area contributed by atoms with E-state index in [2.05, 4.69) is 15.3 Å². The van der Waals surface area contributed by atoms with Crippen molar-refractivity contribution in [1.29, 1.82) is 0 Å². The number of hydrogen-bond acceptors (Lipinski definition) is 5. The summed E-state index contributed by atoms with van der Waals surface area (Å²) in [5.74, 6) is -0.982. The zero-order valence-electron chi connectivity index (χ0n) is 11.1. The number of carboxylic acid groups (broad SMARTS) is 1. The summed E-state index contributed by atoms with van der Waals surface area (Å²) in [5, 5.41) is 15.1. The summed E-state index contributed by atoms with van der Waals surface area (Å²) in [6.45, 7) is 1.20. The number of para-hydroxylation sites is 1. The monoisotopic (exact) mass is 299 g/mol. The van der Waals surface area contributed by atoms with Crippen molar-refractivity contribution in [1.82, 2.24) is 15.3 Å². The van der Waals surface area contributed by atoms with Gasteiger partial charge in [-0.2, -0.15) is 0 Å². The Labute approximate surface area is 125 Å². The molecule has 1 aromatic carbocycles. The van der Waals surface area contributed by atoms with Gasteiger partial charge in [0.1, 0.15) is 0 Å². The molecule has 0 aliphatic rings. The molecular weight excluding hydrogens is 286 g/mol. The van der Waals surface area contributed by atoms with Crippen molar-refractivity contribution in [3.8, 4) is 0 Å². The highest BCUT2D eigenvalue weighted by atomic mass is 32.1. The molecule has 0 unspecified atom stereocenters. The maximum Gasteiger partial charge on any atom is 0.365 e. The quantitative estimate of drug-likeness (QED) is 0.757. The van der Waals surface area contributed by atoms with Crippen LogP contribution in [0.15, 0.2) is 41.9 Å². The Hall–Kier alpha value is -2.31. The van der Waals surface area contributed by atoms with Gasteiger partial charge in [-0.1, -0.05) is 24.3 Å². The van der Waals surface area contributed by atoms with Gasteiger partial charge in [0.15, 0.2) is 0 Å². The van der Waals surface area contributed by atoms with Crippen LogP contribution in [0.1, 0.15) is 21.1 Å². The minimum Gasteiger partial charge on any atom is -0.476 e. The van der Waals surface area contributed by atoms with Gasteiger partial charge >= 0.3 is 5.97 Å². The van der Waals surface area contributed by atoms with Crippen molar-refractivity contribution in [3.63, 3.8) is 0 Å². The normalized spacial score (nSPS) is 10.9. The summed E-state index contributed by atoms with van der Waals surface area (Å²) < 4.78 is 0. The van der Waals surface area contributed by atoms with Crippen LogP contribution < -0.4 is 5.32 Å². The molecule has 0 atom stereocenters. The Morgan fingerprint density at radius 2 is 2.10 bits per heavy atom. The van der Waals surface area contributed by atoms with Crippen LogP contribution in [0.3, 0.4) is 0 Å². The number of carbonyl (C=O) groups is 1. The summed E-state index contributed by atoms with van der Waals surface area (Å²) in [5.41, 5.74) is 2.84. The zero-order chi connectivity index (χ0) is 14.7. The first kappa shape index (κ1) is 13.7. The number of aromatic carboxylic acids is 1. The number of hydrogen-bond donors (Lipinski definition) is 2. The second-order valence-corrected chi connectivity index (χ2v) is 5.40. The maximum absolute atomic E-state index is 10.8. The fourth-order valence-electron chi connectivity index (χ4n) is 2.12. The molecule has 0 radical (unpaired) electrons. The van der Waals surface area contributed by atoms with Gasteiger partial charge in [-0.05, 0) is 11.6 Å². The van der Waals surface area contributed by atoms with Crippen LogP contribution in [0.5, 0.6) is 0 Å². The molecule has 3 aromatic rings. The summed E-state index contributed by atoms with van der Waals surface area (Å²) in [6, 6.07) is 10.0. The lowest BCUT2D eigenvalue weighted by molar-refractivity contribution is 0.0696. The lowest BCUT2D eigenvalue weighted by atomic mass is 10.1. The number of nitrogens with zero attached hydrogens (tertiary/aromatic N) is 2. The molecule has 0 amide bonds. The van der Waals surface area contributed by atoms with Gasteiger partial charge in [0, 0.05) is 30.1 Å². The molecule has 3 rings (SSSR count). The number of rotatable bonds is 5. The number of fused-ring (bicyclic) bond motifs is 1. The van der Waals surface area contributed by atoms with E-state index in [1.807, 2.05) is 30.3 Å². The van der Waals surface area contributed by atoms with Crippen molar-refractivity contribution >= 4 is 28.2 Å². The highest BCUT2D eigenvalue weighted by molar-refractivity contribution is 7.11. The van der Waals surface area contributed by atoms with Crippen molar-refractivity contribution in [2.45, 2.75) is 13.1 Å². The summed E-state index contributed by atoms with van der Waals surface area (Å²) in [4.78, 5) is 19.2. The molecule has 0 bridgehead atoms. The average Bonchev–Trinajstić information content (AvgIpc) is 2.97. The fraction of sp³-hybridized carbons (Fsp3) is 0.133. The molecule has 2 heterocycles. The third-order valence-corrected chi connectivity index (χ3v) is 3.95. The molecule has 106 valence electrons. The number of pyridine rings is 1. The first-order valence-corrected chi connectivity index (χ1v) is 7.33. The van der Waals surface area contributed by atoms with Crippen LogP contribution in [-0.4, -0.2) is 21.0 Å². The summed E-state index contributed by atoms with van der Waals surface area (Å²) >= 11 is 1.14. The van der Waals surface area contributed by atoms with Crippen LogP contribution in [0.4, 0.5) is 0 Å². The first-order chi connectivity index (χ1) is 10.2. The summed E-state index contributed by atoms with van der Waals surface area (Å²) in [7, 11) is 0. The van der Waals surface area contributed by atoms with E-state index in [4.69, 9.17) is 5.11 Å². The second-order valence-electron chi connectivity index (χ2n) is 4.54. The largest absolute Gasteiger partial charge is 0.476 e. The van der Waals surface area contributed by atoms with Gasteiger partial charge in [0.25, 0.3) is 0 Å². The molecule has 2 aromatic heterocycles. The zero-order valence-corrected chi connectivity index (χ0v) is 11.9. The minimum atomic E-state index is -0.982. The lowest BCUT2D eigenvalue weighted by Gasteiger charge is -2.06. The van der Waals surface area contributed by atoms with Crippen LogP contribution in [0.2, 0.25) is 0 Å². The van der Waals surface area contributed by atoms with Crippen molar-refractivity contribution in [3.05, 3.63) is 58.2 Å². The van der Waals surface area contributed by atoms with E-state index in [0.29, 0.717) is 13.1 Å². The molecule has 5 nitrogen and oxygen atoms in total. The van der Waals surface area contributed by atoms with Crippen molar-refractivity contribution in [2.75, 3.05) is 0 Å². The number of aromatic nitrogens is 2. The Bertz CT molecular complexity index is 780. The van der Waals surface area contributed by atoms with Gasteiger partial charge in [-0.15, -0.1) is 11.3 Å². The maximum atomic E-state index is 10.8. The number of thiazole rings is 1. The predicted molar refractivity (Wildman–Crippen MR) is 81.4 cm³/mol. The average molecular weight is 299 g/mol. The van der Waals surface area contributed by atoms with E-state index in [0.717, 1.165) is 33.5 Å². The molecule has 21 heavy (non-hydrogen) atoms. The van der Waals surface area contributed by atoms with Crippen molar-refractivity contribution in [2.24, 2.45) is 0 Å². The van der Waals surface area contributed by atoms with Crippen LogP contribution in [-0.2, 0) is 13.1 Å². The van der Waals surface area contributed by atoms with Gasteiger partial charge in [0.05, 0.1) is 11.2 Å². The second kappa shape index (κ2) is 5.99. The number of benzene rings is 1. The van der Waals surface area contributed by atoms with E-state index >= 15 is 0 Å². The van der Waals surface area contributed by atoms with Crippen LogP contribution >= 0.6 is 11.3 Å². The third-order valence-electron chi connectivity index (χ3n) is 3.07. The van der Waals surface area contributed by atoms with E-state index in [1.165, 1.54) is 0 Å². The van der Waals surface area contributed by atoms with Gasteiger partial charge in [0.2, 0.25) is 5.01 Å². The molecule has 0 aliphatic carbocycles. The Morgan fingerprint density at radius 3 is 2.90 bits per heavy atom. The van der Waals surface area contributed by atoms with Gasteiger partial charge in [-0.3, -0.25) is 4.98 Å². The fourth-order valence-corrected chi connectivity index (χ4v) is 2.78. The Morgan fingerprint density at radius 1 is 1.24 bits per heavy atom. The Balaban J connectivity index is 1.68. The van der Waals surface area contributed by atoms with Gasteiger partial charge in [-0.25, -0.2) is 9.78 Å². The molecule has 0 saturated carbocycles. The predicted octanol–water partition coefficient (Wildman–Crippen LogP) is 2.68. The van der Waals surface area contributed by atoms with E-state index in [9.17, 15) is 4.79 Å². The van der Waals surface area contributed by atoms with E-state index in [1.54, 1.807) is 11.6 Å². The smallest absolute Gasteiger partial charge is 0.365 e. The summed E-state index contributed by atoms with van der Waals surface area (Å²) in [6.07, 6.45) is 1.78. The molecule has 0 saturated heterocycles.